The molecule has 2 fully saturated rings. The zero-order valence-electron chi connectivity index (χ0n) is 12.1. The average molecular weight is 287 g/mol. The fourth-order valence-electron chi connectivity index (χ4n) is 3.73. The Bertz CT molecular complexity index is 586. The number of hydrogen-bond donors (Lipinski definition) is 1. The van der Waals surface area contributed by atoms with E-state index in [1.165, 1.54) is 19.3 Å². The standard InChI is InChI=1S/C15H21N5O/c21-9-4-12-10-13(12)11-2-7-19(8-3-11)15-17-14-16-5-1-6-20(14)18-15/h1,5-6,11-13,21H,2-4,7-10H2/t12-,13?/m1/s1. The number of aromatic nitrogens is 4. The van der Waals surface area contributed by atoms with Gasteiger partial charge in [0.05, 0.1) is 0 Å². The summed E-state index contributed by atoms with van der Waals surface area (Å²) in [5.74, 6) is 3.93. The molecule has 2 atom stereocenters. The van der Waals surface area contributed by atoms with E-state index in [1.54, 1.807) is 10.7 Å². The summed E-state index contributed by atoms with van der Waals surface area (Å²) in [6.07, 6.45) is 8.38. The van der Waals surface area contributed by atoms with Crippen molar-refractivity contribution in [3.8, 4) is 0 Å². The quantitative estimate of drug-likeness (QED) is 0.919. The highest BCUT2D eigenvalue weighted by Crippen LogP contribution is 2.49. The lowest BCUT2D eigenvalue weighted by molar-refractivity contribution is 0.266. The Labute approximate surface area is 123 Å². The number of piperidine rings is 1. The van der Waals surface area contributed by atoms with Gasteiger partial charge in [0, 0.05) is 32.1 Å². The zero-order valence-corrected chi connectivity index (χ0v) is 12.1. The maximum Gasteiger partial charge on any atom is 0.253 e. The summed E-state index contributed by atoms with van der Waals surface area (Å²) in [5.41, 5.74) is 0. The molecule has 1 saturated carbocycles. The summed E-state index contributed by atoms with van der Waals surface area (Å²) < 4.78 is 1.74. The summed E-state index contributed by atoms with van der Waals surface area (Å²) in [5, 5.41) is 13.5. The van der Waals surface area contributed by atoms with Crippen molar-refractivity contribution in [3.05, 3.63) is 18.5 Å². The SMILES string of the molecule is OCC[C@@H]1CC1C1CCN(c2nc3ncccn3n2)CC1. The normalized spacial score (nSPS) is 26.4. The monoisotopic (exact) mass is 287 g/mol. The van der Waals surface area contributed by atoms with Crippen LogP contribution in [0.3, 0.4) is 0 Å². The number of fused-ring (bicyclic) bond motifs is 1. The minimum Gasteiger partial charge on any atom is -0.396 e. The van der Waals surface area contributed by atoms with Gasteiger partial charge in [-0.15, -0.1) is 5.10 Å². The molecular formula is C15H21N5O. The molecule has 0 bridgehead atoms. The van der Waals surface area contributed by atoms with E-state index in [4.69, 9.17) is 5.11 Å². The van der Waals surface area contributed by atoms with Gasteiger partial charge in [0.1, 0.15) is 0 Å². The summed E-state index contributed by atoms with van der Waals surface area (Å²) in [4.78, 5) is 11.0. The van der Waals surface area contributed by atoms with E-state index in [-0.39, 0.29) is 0 Å². The number of nitrogens with zero attached hydrogens (tertiary/aromatic N) is 5. The first-order chi connectivity index (χ1) is 10.3. The maximum absolute atomic E-state index is 9.02. The van der Waals surface area contributed by atoms with Crippen LogP contribution in [0.1, 0.15) is 25.7 Å². The van der Waals surface area contributed by atoms with Crippen LogP contribution in [0.4, 0.5) is 5.95 Å². The molecule has 2 aromatic heterocycles. The van der Waals surface area contributed by atoms with Gasteiger partial charge in [-0.1, -0.05) is 0 Å². The van der Waals surface area contributed by atoms with Crippen LogP contribution in [0.25, 0.3) is 5.78 Å². The lowest BCUT2D eigenvalue weighted by atomic mass is 9.90. The van der Waals surface area contributed by atoms with E-state index in [9.17, 15) is 0 Å². The van der Waals surface area contributed by atoms with Gasteiger partial charge in [0.2, 0.25) is 5.95 Å². The average Bonchev–Trinajstić information content (AvgIpc) is 3.15. The molecule has 1 unspecified atom stereocenters. The van der Waals surface area contributed by atoms with Gasteiger partial charge in [-0.3, -0.25) is 0 Å². The Morgan fingerprint density at radius 2 is 2.14 bits per heavy atom. The van der Waals surface area contributed by atoms with Crippen molar-refractivity contribution in [2.45, 2.75) is 25.7 Å². The van der Waals surface area contributed by atoms with Crippen molar-refractivity contribution < 1.29 is 5.11 Å². The molecule has 6 heteroatoms. The van der Waals surface area contributed by atoms with Crippen molar-refractivity contribution in [1.82, 2.24) is 19.6 Å². The highest BCUT2D eigenvalue weighted by molar-refractivity contribution is 5.38. The molecule has 1 saturated heterocycles. The fraction of sp³-hybridized carbons (Fsp3) is 0.667. The molecule has 21 heavy (non-hydrogen) atoms. The van der Waals surface area contributed by atoms with Crippen molar-refractivity contribution in [3.63, 3.8) is 0 Å². The molecule has 0 amide bonds. The lowest BCUT2D eigenvalue weighted by Gasteiger charge is -2.31. The summed E-state index contributed by atoms with van der Waals surface area (Å²) in [7, 11) is 0. The van der Waals surface area contributed by atoms with Gasteiger partial charge in [-0.25, -0.2) is 9.50 Å². The maximum atomic E-state index is 9.02. The van der Waals surface area contributed by atoms with E-state index in [1.807, 2.05) is 12.3 Å². The molecular weight excluding hydrogens is 266 g/mol. The molecule has 1 N–H and O–H groups in total. The van der Waals surface area contributed by atoms with E-state index in [0.29, 0.717) is 12.4 Å². The van der Waals surface area contributed by atoms with Gasteiger partial charge in [-0.05, 0) is 49.5 Å². The Hall–Kier alpha value is -1.69. The van der Waals surface area contributed by atoms with Crippen LogP contribution in [0.15, 0.2) is 18.5 Å². The zero-order chi connectivity index (χ0) is 14.2. The summed E-state index contributed by atoms with van der Waals surface area (Å²) in [6.45, 7) is 2.41. The number of anilines is 1. The van der Waals surface area contributed by atoms with E-state index >= 15 is 0 Å². The minimum absolute atomic E-state index is 0.345. The van der Waals surface area contributed by atoms with Crippen LogP contribution in [-0.2, 0) is 0 Å². The van der Waals surface area contributed by atoms with Crippen molar-refractivity contribution in [2.24, 2.45) is 17.8 Å². The Kier molecular flexibility index (Phi) is 3.25. The molecule has 4 rings (SSSR count). The minimum atomic E-state index is 0.345. The molecule has 6 nitrogen and oxygen atoms in total. The van der Waals surface area contributed by atoms with E-state index in [0.717, 1.165) is 43.2 Å². The van der Waals surface area contributed by atoms with Crippen LogP contribution >= 0.6 is 0 Å². The highest BCUT2D eigenvalue weighted by Gasteiger charge is 2.43. The van der Waals surface area contributed by atoms with Gasteiger partial charge < -0.3 is 10.0 Å². The molecule has 2 aliphatic rings. The number of aliphatic hydroxyl groups is 1. The molecule has 0 spiro atoms. The Balaban J connectivity index is 1.39. The molecule has 0 aromatic carbocycles. The molecule has 0 radical (unpaired) electrons. The Morgan fingerprint density at radius 1 is 1.29 bits per heavy atom. The molecule has 2 aromatic rings. The Morgan fingerprint density at radius 3 is 2.90 bits per heavy atom. The lowest BCUT2D eigenvalue weighted by Crippen LogP contribution is -2.35. The second-order valence-corrected chi connectivity index (χ2v) is 6.27. The summed E-state index contributed by atoms with van der Waals surface area (Å²) in [6, 6.07) is 1.87. The number of rotatable bonds is 4. The number of aliphatic hydroxyl groups excluding tert-OH is 1. The molecule has 112 valence electrons. The third kappa shape index (κ3) is 2.48. The predicted octanol–water partition coefficient (Wildman–Crippen LogP) is 1.36. The first-order valence-electron chi connectivity index (χ1n) is 7.88. The fourth-order valence-corrected chi connectivity index (χ4v) is 3.73. The van der Waals surface area contributed by atoms with E-state index < -0.39 is 0 Å². The van der Waals surface area contributed by atoms with Gasteiger partial charge in [0.15, 0.2) is 0 Å². The topological polar surface area (TPSA) is 66.5 Å². The highest BCUT2D eigenvalue weighted by atomic mass is 16.3. The van der Waals surface area contributed by atoms with Gasteiger partial charge >= 0.3 is 0 Å². The molecule has 1 aliphatic carbocycles. The van der Waals surface area contributed by atoms with Crippen LogP contribution in [0.2, 0.25) is 0 Å². The van der Waals surface area contributed by atoms with Gasteiger partial charge in [0.25, 0.3) is 5.78 Å². The van der Waals surface area contributed by atoms with Crippen molar-refractivity contribution in [1.29, 1.82) is 0 Å². The molecule has 1 aliphatic heterocycles. The van der Waals surface area contributed by atoms with E-state index in [2.05, 4.69) is 20.0 Å². The van der Waals surface area contributed by atoms with Crippen LogP contribution in [0, 0.1) is 17.8 Å². The first kappa shape index (κ1) is 13.0. The van der Waals surface area contributed by atoms with Gasteiger partial charge in [-0.2, -0.15) is 4.98 Å². The largest absolute Gasteiger partial charge is 0.396 e. The summed E-state index contributed by atoms with van der Waals surface area (Å²) >= 11 is 0. The predicted molar refractivity (Wildman–Crippen MR) is 79.0 cm³/mol. The van der Waals surface area contributed by atoms with Crippen LogP contribution in [0.5, 0.6) is 0 Å². The second-order valence-electron chi connectivity index (χ2n) is 6.27. The third-order valence-electron chi connectivity index (χ3n) is 5.01. The number of hydrogen-bond acceptors (Lipinski definition) is 5. The smallest absolute Gasteiger partial charge is 0.253 e. The van der Waals surface area contributed by atoms with Crippen LogP contribution in [-0.4, -0.2) is 44.4 Å². The third-order valence-corrected chi connectivity index (χ3v) is 5.01. The molecule has 3 heterocycles. The van der Waals surface area contributed by atoms with Crippen molar-refractivity contribution in [2.75, 3.05) is 24.6 Å². The van der Waals surface area contributed by atoms with Crippen molar-refractivity contribution >= 4 is 11.7 Å². The van der Waals surface area contributed by atoms with Crippen LogP contribution < -0.4 is 4.90 Å². The first-order valence-corrected chi connectivity index (χ1v) is 7.88. The second kappa shape index (κ2) is 5.26.